The molecule has 0 spiro atoms. The summed E-state index contributed by atoms with van der Waals surface area (Å²) in [7, 11) is 0. The van der Waals surface area contributed by atoms with Crippen LogP contribution in [0.4, 0.5) is 10.1 Å². The van der Waals surface area contributed by atoms with Crippen molar-refractivity contribution in [2.45, 2.75) is 32.7 Å². The molecule has 1 aromatic carbocycles. The summed E-state index contributed by atoms with van der Waals surface area (Å²) in [6.45, 7) is 5.21. The number of nitrogens with zero attached hydrogens (tertiary/aromatic N) is 1. The largest absolute Gasteiger partial charge is 0.384 e. The molecule has 0 saturated carbocycles. The van der Waals surface area contributed by atoms with Crippen LogP contribution in [0.5, 0.6) is 0 Å². The van der Waals surface area contributed by atoms with Gasteiger partial charge in [-0.15, -0.1) is 0 Å². The summed E-state index contributed by atoms with van der Waals surface area (Å²) in [6, 6.07) is 3.75. The first-order valence-electron chi connectivity index (χ1n) is 6.52. The summed E-state index contributed by atoms with van der Waals surface area (Å²) in [6.07, 6.45) is 2.27. The topological polar surface area (TPSA) is 53.1 Å². The Kier molecular flexibility index (Phi) is 4.13. The van der Waals surface area contributed by atoms with E-state index in [0.29, 0.717) is 23.2 Å². The first kappa shape index (κ1) is 14.3. The van der Waals surface area contributed by atoms with Crippen LogP contribution in [0.3, 0.4) is 0 Å². The molecule has 3 N–H and O–H groups in total. The number of nitrogens with one attached hydrogen (secondary N) is 1. The van der Waals surface area contributed by atoms with Gasteiger partial charge in [0.1, 0.15) is 5.84 Å². The molecule has 0 radical (unpaired) electrons. The average Bonchev–Trinajstić information content (AvgIpc) is 2.36. The van der Waals surface area contributed by atoms with Gasteiger partial charge in [0.2, 0.25) is 0 Å². The zero-order valence-corrected chi connectivity index (χ0v) is 12.8. The van der Waals surface area contributed by atoms with Crippen LogP contribution in [0, 0.1) is 17.1 Å². The molecule has 1 heterocycles. The molecule has 104 valence electrons. The number of anilines is 1. The number of benzene rings is 1. The number of amidine groups is 1. The number of hydrogen-bond donors (Lipinski definition) is 2. The summed E-state index contributed by atoms with van der Waals surface area (Å²) in [4.78, 5) is 2.11. The second-order valence-electron chi connectivity index (χ2n) is 5.23. The Morgan fingerprint density at radius 2 is 2.16 bits per heavy atom. The lowest BCUT2D eigenvalue weighted by atomic mass is 9.91. The zero-order chi connectivity index (χ0) is 14.2. The maximum absolute atomic E-state index is 14.5. The van der Waals surface area contributed by atoms with Crippen molar-refractivity contribution in [3.63, 3.8) is 0 Å². The van der Waals surface area contributed by atoms with Gasteiger partial charge in [-0.05, 0) is 53.7 Å². The summed E-state index contributed by atoms with van der Waals surface area (Å²) in [5, 5.41) is 7.43. The molecule has 1 aliphatic rings. The summed E-state index contributed by atoms with van der Waals surface area (Å²) in [5.41, 5.74) is 6.43. The fraction of sp³-hybridized carbons (Fsp3) is 0.500. The van der Waals surface area contributed by atoms with Gasteiger partial charge in [0.25, 0.3) is 0 Å². The minimum atomic E-state index is -0.325. The van der Waals surface area contributed by atoms with Gasteiger partial charge in [-0.1, -0.05) is 6.92 Å². The van der Waals surface area contributed by atoms with Gasteiger partial charge >= 0.3 is 0 Å². The van der Waals surface area contributed by atoms with Crippen LogP contribution in [-0.4, -0.2) is 18.4 Å². The average molecular weight is 328 g/mol. The number of rotatable bonds is 2. The number of nitrogens with two attached hydrogens (primary N) is 1. The molecule has 2 unspecified atom stereocenters. The van der Waals surface area contributed by atoms with Gasteiger partial charge in [0.15, 0.2) is 5.82 Å². The molecule has 0 bridgehead atoms. The van der Waals surface area contributed by atoms with Crippen molar-refractivity contribution in [1.29, 1.82) is 5.41 Å². The SMILES string of the molecule is CC1CCCN(c2ccc(C(=N)N)c(Br)c2F)C1C. The molecule has 1 aliphatic heterocycles. The lowest BCUT2D eigenvalue weighted by Crippen LogP contribution is -2.43. The van der Waals surface area contributed by atoms with E-state index in [9.17, 15) is 4.39 Å². The van der Waals surface area contributed by atoms with E-state index in [1.54, 1.807) is 12.1 Å². The molecular weight excluding hydrogens is 309 g/mol. The molecule has 0 aromatic heterocycles. The first-order chi connectivity index (χ1) is 8.93. The highest BCUT2D eigenvalue weighted by Gasteiger charge is 2.27. The van der Waals surface area contributed by atoms with Crippen molar-refractivity contribution in [2.75, 3.05) is 11.4 Å². The summed E-state index contributed by atoms with van der Waals surface area (Å²) < 4.78 is 14.7. The third-order valence-electron chi connectivity index (χ3n) is 4.04. The van der Waals surface area contributed by atoms with Gasteiger partial charge < -0.3 is 10.6 Å². The molecule has 0 aliphatic carbocycles. The highest BCUT2D eigenvalue weighted by molar-refractivity contribution is 9.10. The van der Waals surface area contributed by atoms with E-state index in [2.05, 4.69) is 34.7 Å². The van der Waals surface area contributed by atoms with E-state index < -0.39 is 0 Å². The Morgan fingerprint density at radius 3 is 2.79 bits per heavy atom. The molecule has 1 aromatic rings. The quantitative estimate of drug-likeness (QED) is 0.645. The lowest BCUT2D eigenvalue weighted by Gasteiger charge is -2.40. The molecule has 0 amide bonds. The fourth-order valence-electron chi connectivity index (χ4n) is 2.64. The maximum atomic E-state index is 14.5. The van der Waals surface area contributed by atoms with Crippen molar-refractivity contribution < 1.29 is 4.39 Å². The van der Waals surface area contributed by atoms with Crippen LogP contribution in [0.1, 0.15) is 32.3 Å². The van der Waals surface area contributed by atoms with Gasteiger partial charge in [-0.2, -0.15) is 0 Å². The van der Waals surface area contributed by atoms with E-state index in [1.165, 1.54) is 6.42 Å². The Hall–Kier alpha value is -1.10. The molecule has 3 nitrogen and oxygen atoms in total. The minimum Gasteiger partial charge on any atom is -0.384 e. The highest BCUT2D eigenvalue weighted by Crippen LogP contribution is 2.34. The van der Waals surface area contributed by atoms with Crippen LogP contribution in [-0.2, 0) is 0 Å². The maximum Gasteiger partial charge on any atom is 0.161 e. The third-order valence-corrected chi connectivity index (χ3v) is 4.81. The molecule has 2 atom stereocenters. The Labute approximate surface area is 121 Å². The summed E-state index contributed by atoms with van der Waals surface area (Å²) in [5.74, 6) is 0.102. The van der Waals surface area contributed by atoms with Crippen molar-refractivity contribution in [1.82, 2.24) is 0 Å². The van der Waals surface area contributed by atoms with Crippen molar-refractivity contribution in [3.05, 3.63) is 28.0 Å². The zero-order valence-electron chi connectivity index (χ0n) is 11.2. The predicted octanol–water partition coefficient (Wildman–Crippen LogP) is 3.50. The van der Waals surface area contributed by atoms with Gasteiger partial charge in [0, 0.05) is 18.2 Å². The molecule has 1 saturated heterocycles. The van der Waals surface area contributed by atoms with E-state index in [4.69, 9.17) is 11.1 Å². The van der Waals surface area contributed by atoms with E-state index in [0.717, 1.165) is 13.0 Å². The number of hydrogen-bond acceptors (Lipinski definition) is 2. The van der Waals surface area contributed by atoms with Crippen LogP contribution < -0.4 is 10.6 Å². The van der Waals surface area contributed by atoms with Gasteiger partial charge in [0.05, 0.1) is 10.2 Å². The predicted molar refractivity (Wildman–Crippen MR) is 80.3 cm³/mol. The van der Waals surface area contributed by atoms with Crippen LogP contribution in [0.25, 0.3) is 0 Å². The second kappa shape index (κ2) is 5.49. The molecule has 5 heteroatoms. The first-order valence-corrected chi connectivity index (χ1v) is 7.31. The van der Waals surface area contributed by atoms with Crippen LogP contribution in [0.15, 0.2) is 16.6 Å². The molecular formula is C14H19BrFN3. The Balaban J connectivity index is 2.40. The molecule has 19 heavy (non-hydrogen) atoms. The van der Waals surface area contributed by atoms with Gasteiger partial charge in [-0.3, -0.25) is 5.41 Å². The number of halogens is 2. The fourth-order valence-corrected chi connectivity index (χ4v) is 3.19. The monoisotopic (exact) mass is 327 g/mol. The summed E-state index contributed by atoms with van der Waals surface area (Å²) >= 11 is 3.21. The van der Waals surface area contributed by atoms with E-state index in [1.807, 2.05) is 0 Å². The standard InChI is InChI=1S/C14H19BrFN3/c1-8-4-3-7-19(9(8)2)11-6-5-10(14(17)18)12(15)13(11)16/h5-6,8-9H,3-4,7H2,1-2H3,(H3,17,18). The normalized spacial score (nSPS) is 23.5. The number of nitrogen functional groups attached to an aromatic ring is 1. The highest BCUT2D eigenvalue weighted by atomic mass is 79.9. The second-order valence-corrected chi connectivity index (χ2v) is 6.02. The van der Waals surface area contributed by atoms with Crippen molar-refractivity contribution >= 4 is 27.5 Å². The van der Waals surface area contributed by atoms with Crippen LogP contribution in [0.2, 0.25) is 0 Å². The van der Waals surface area contributed by atoms with Crippen molar-refractivity contribution in [3.8, 4) is 0 Å². The Bertz CT molecular complexity index is 504. The smallest absolute Gasteiger partial charge is 0.161 e. The van der Waals surface area contributed by atoms with Gasteiger partial charge in [-0.25, -0.2) is 4.39 Å². The molecule has 2 rings (SSSR count). The minimum absolute atomic E-state index is 0.127. The van der Waals surface area contributed by atoms with Crippen molar-refractivity contribution in [2.24, 2.45) is 11.7 Å². The third kappa shape index (κ3) is 2.61. The molecule has 1 fully saturated rings. The van der Waals surface area contributed by atoms with Crippen LogP contribution >= 0.6 is 15.9 Å². The van der Waals surface area contributed by atoms with E-state index in [-0.39, 0.29) is 16.1 Å². The lowest BCUT2D eigenvalue weighted by molar-refractivity contribution is 0.360. The number of piperidine rings is 1. The van der Waals surface area contributed by atoms with E-state index >= 15 is 0 Å². The Morgan fingerprint density at radius 1 is 1.47 bits per heavy atom.